The van der Waals surface area contributed by atoms with Crippen molar-refractivity contribution in [1.82, 2.24) is 9.88 Å². The monoisotopic (exact) mass is 419 g/mol. The van der Waals surface area contributed by atoms with Gasteiger partial charge in [0.1, 0.15) is 17.1 Å². The van der Waals surface area contributed by atoms with Crippen molar-refractivity contribution in [2.75, 3.05) is 0 Å². The van der Waals surface area contributed by atoms with Crippen LogP contribution in [-0.4, -0.2) is 33.3 Å². The number of aliphatic imine (C=N–C) groups is 1. The van der Waals surface area contributed by atoms with Gasteiger partial charge in [-0.25, -0.2) is 9.79 Å². The molecule has 0 radical (unpaired) electrons. The van der Waals surface area contributed by atoms with E-state index in [1.54, 1.807) is 44.3 Å². The quantitative estimate of drug-likeness (QED) is 0.573. The molecule has 7 heteroatoms. The maximum absolute atomic E-state index is 13.1. The van der Waals surface area contributed by atoms with Crippen molar-refractivity contribution in [2.24, 2.45) is 4.99 Å². The molecule has 0 unspecified atom stereocenters. The molecule has 1 N–H and O–H groups in total. The molecule has 0 aliphatic carbocycles. The number of carbonyl (C=O) groups excluding carboxylic acids is 2. The first kappa shape index (κ1) is 19.8. The van der Waals surface area contributed by atoms with Crippen LogP contribution in [-0.2, 0) is 9.53 Å². The van der Waals surface area contributed by atoms with Crippen molar-refractivity contribution in [3.8, 4) is 0 Å². The van der Waals surface area contributed by atoms with Crippen molar-refractivity contribution in [3.63, 3.8) is 0 Å². The highest BCUT2D eigenvalue weighted by Gasteiger charge is 2.37. The summed E-state index contributed by atoms with van der Waals surface area (Å²) < 4.78 is 5.43. The van der Waals surface area contributed by atoms with E-state index in [0.717, 1.165) is 26.9 Å². The molecule has 0 saturated heterocycles. The topological polar surface area (TPSA) is 74.8 Å². The number of H-pyrrole nitrogens is 1. The number of para-hydroxylation sites is 1. The summed E-state index contributed by atoms with van der Waals surface area (Å²) in [6.07, 6.45) is 6.22. The Labute approximate surface area is 178 Å². The number of benzene rings is 1. The number of nitrogens with zero attached hydrogens (tertiary/aromatic N) is 2. The number of amidine groups is 1. The van der Waals surface area contributed by atoms with E-state index in [-0.39, 0.29) is 11.5 Å². The first-order valence-electron chi connectivity index (χ1n) is 9.46. The molecule has 6 nitrogen and oxygen atoms in total. The lowest BCUT2D eigenvalue weighted by molar-refractivity contribution is -0.122. The van der Waals surface area contributed by atoms with Gasteiger partial charge in [0.25, 0.3) is 5.91 Å². The Hall–Kier alpha value is -3.45. The molecule has 152 valence electrons. The highest BCUT2D eigenvalue weighted by Crippen LogP contribution is 2.25. The predicted molar refractivity (Wildman–Crippen MR) is 120 cm³/mol. The van der Waals surface area contributed by atoms with Gasteiger partial charge in [0.15, 0.2) is 0 Å². The van der Waals surface area contributed by atoms with E-state index in [1.807, 2.05) is 53.4 Å². The van der Waals surface area contributed by atoms with E-state index in [0.29, 0.717) is 0 Å². The number of rotatable bonds is 3. The van der Waals surface area contributed by atoms with Gasteiger partial charge in [-0.3, -0.25) is 4.79 Å². The van der Waals surface area contributed by atoms with Gasteiger partial charge >= 0.3 is 6.09 Å². The van der Waals surface area contributed by atoms with E-state index in [2.05, 4.69) is 9.98 Å². The SMILES string of the molecule is CC(C)(C)OC(=O)N1C(=O)/C(=C/c2c[nH]c3ccccc23)N=C1/C=C/c1ccsc1. The van der Waals surface area contributed by atoms with Crippen molar-refractivity contribution < 1.29 is 14.3 Å². The maximum atomic E-state index is 13.1. The number of aromatic nitrogens is 1. The van der Waals surface area contributed by atoms with Crippen molar-refractivity contribution in [2.45, 2.75) is 26.4 Å². The molecule has 1 aromatic carbocycles. The maximum Gasteiger partial charge on any atom is 0.423 e. The van der Waals surface area contributed by atoms with Gasteiger partial charge in [-0.05, 0) is 61.4 Å². The molecule has 0 bridgehead atoms. The fraction of sp³-hybridized carbons (Fsp3) is 0.174. The summed E-state index contributed by atoms with van der Waals surface area (Å²) >= 11 is 1.56. The first-order valence-corrected chi connectivity index (χ1v) is 10.4. The lowest BCUT2D eigenvalue weighted by atomic mass is 10.1. The Kier molecular flexibility index (Phi) is 5.13. The van der Waals surface area contributed by atoms with Crippen LogP contribution in [0.15, 0.2) is 64.1 Å². The van der Waals surface area contributed by atoms with Gasteiger partial charge < -0.3 is 9.72 Å². The Morgan fingerprint density at radius 1 is 1.20 bits per heavy atom. The zero-order chi connectivity index (χ0) is 21.3. The summed E-state index contributed by atoms with van der Waals surface area (Å²) in [6.45, 7) is 5.27. The number of imide groups is 1. The van der Waals surface area contributed by atoms with Crippen LogP contribution in [0.1, 0.15) is 31.9 Å². The third-order valence-corrected chi connectivity index (χ3v) is 5.05. The third-order valence-electron chi connectivity index (χ3n) is 4.34. The molecule has 30 heavy (non-hydrogen) atoms. The van der Waals surface area contributed by atoms with Gasteiger partial charge in [0.05, 0.1) is 0 Å². The van der Waals surface area contributed by atoms with E-state index in [4.69, 9.17) is 4.74 Å². The summed E-state index contributed by atoms with van der Waals surface area (Å²) in [5, 5.41) is 4.89. The molecule has 3 aromatic rings. The van der Waals surface area contributed by atoms with Crippen LogP contribution in [0.3, 0.4) is 0 Å². The van der Waals surface area contributed by atoms with E-state index in [1.165, 1.54) is 0 Å². The number of fused-ring (bicyclic) bond motifs is 1. The van der Waals surface area contributed by atoms with Gasteiger partial charge in [0.2, 0.25) is 0 Å². The predicted octanol–water partition coefficient (Wildman–Crippen LogP) is 5.46. The summed E-state index contributed by atoms with van der Waals surface area (Å²) in [5.41, 5.74) is 2.19. The minimum absolute atomic E-state index is 0.176. The van der Waals surface area contributed by atoms with Crippen LogP contribution in [0.5, 0.6) is 0 Å². The van der Waals surface area contributed by atoms with Gasteiger partial charge in [0, 0.05) is 22.7 Å². The Bertz CT molecular complexity index is 1190. The number of ether oxygens (including phenoxy) is 1. The number of thiophene rings is 1. The molecule has 0 saturated carbocycles. The minimum atomic E-state index is -0.747. The highest BCUT2D eigenvalue weighted by molar-refractivity contribution is 7.08. The second-order valence-corrected chi connectivity index (χ2v) is 8.58. The van der Waals surface area contributed by atoms with Crippen LogP contribution in [0.25, 0.3) is 23.1 Å². The number of aromatic amines is 1. The molecular weight excluding hydrogens is 398 g/mol. The molecule has 1 aliphatic heterocycles. The average molecular weight is 420 g/mol. The fourth-order valence-electron chi connectivity index (χ4n) is 3.03. The smallest absolute Gasteiger partial charge is 0.423 e. The zero-order valence-electron chi connectivity index (χ0n) is 16.9. The Balaban J connectivity index is 1.72. The second-order valence-electron chi connectivity index (χ2n) is 7.80. The summed E-state index contributed by atoms with van der Waals surface area (Å²) in [4.78, 5) is 34.4. The van der Waals surface area contributed by atoms with Gasteiger partial charge in [-0.1, -0.05) is 24.3 Å². The lowest BCUT2D eigenvalue weighted by Crippen LogP contribution is -2.41. The number of hydrogen-bond donors (Lipinski definition) is 1. The van der Waals surface area contributed by atoms with E-state index < -0.39 is 17.6 Å². The molecule has 0 fully saturated rings. The molecule has 2 amide bonds. The summed E-state index contributed by atoms with van der Waals surface area (Å²) in [5.74, 6) is -0.286. The Morgan fingerprint density at radius 3 is 2.73 bits per heavy atom. The number of nitrogens with one attached hydrogen (secondary N) is 1. The largest absolute Gasteiger partial charge is 0.443 e. The standard InChI is InChI=1S/C23H21N3O3S/c1-23(2,3)29-22(28)26-20(9-8-15-10-11-30-14-15)25-19(21(26)27)12-16-13-24-18-7-5-4-6-17(16)18/h4-14,24H,1-3H3/b9-8+,19-12-. The van der Waals surface area contributed by atoms with Crippen LogP contribution in [0, 0.1) is 0 Å². The van der Waals surface area contributed by atoms with Gasteiger partial charge in [-0.15, -0.1) is 0 Å². The second kappa shape index (κ2) is 7.76. The molecule has 0 spiro atoms. The number of amides is 2. The summed E-state index contributed by atoms with van der Waals surface area (Å²) in [7, 11) is 0. The number of carbonyl (C=O) groups is 2. The van der Waals surface area contributed by atoms with Gasteiger partial charge in [-0.2, -0.15) is 16.2 Å². The highest BCUT2D eigenvalue weighted by atomic mass is 32.1. The molecule has 0 atom stereocenters. The zero-order valence-corrected chi connectivity index (χ0v) is 17.7. The molecule has 1 aliphatic rings. The molecule has 4 rings (SSSR count). The van der Waals surface area contributed by atoms with Crippen molar-refractivity contribution >= 4 is 52.2 Å². The average Bonchev–Trinajstić information content (AvgIpc) is 3.39. The van der Waals surface area contributed by atoms with Crippen LogP contribution >= 0.6 is 11.3 Å². The third kappa shape index (κ3) is 4.11. The van der Waals surface area contributed by atoms with E-state index in [9.17, 15) is 9.59 Å². The van der Waals surface area contributed by atoms with Crippen LogP contribution in [0.4, 0.5) is 4.79 Å². The number of hydrogen-bond acceptors (Lipinski definition) is 5. The first-order chi connectivity index (χ1) is 14.3. The molecular formula is C23H21N3O3S. The Morgan fingerprint density at radius 2 is 2.00 bits per heavy atom. The molecule has 3 heterocycles. The normalized spacial score (nSPS) is 16.1. The van der Waals surface area contributed by atoms with Crippen molar-refractivity contribution in [1.29, 1.82) is 0 Å². The van der Waals surface area contributed by atoms with Crippen LogP contribution in [0.2, 0.25) is 0 Å². The minimum Gasteiger partial charge on any atom is -0.443 e. The summed E-state index contributed by atoms with van der Waals surface area (Å²) in [6, 6.07) is 9.73. The molecule has 2 aromatic heterocycles. The van der Waals surface area contributed by atoms with E-state index >= 15 is 0 Å². The fourth-order valence-corrected chi connectivity index (χ4v) is 3.66. The van der Waals surface area contributed by atoms with Crippen LogP contribution < -0.4 is 0 Å². The lowest BCUT2D eigenvalue weighted by Gasteiger charge is -2.23. The van der Waals surface area contributed by atoms with Crippen molar-refractivity contribution in [3.05, 3.63) is 70.2 Å².